The maximum atomic E-state index is 12.5. The van der Waals surface area contributed by atoms with Crippen LogP contribution in [0.4, 0.5) is 5.69 Å². The fourth-order valence-electron chi connectivity index (χ4n) is 2.46. The van der Waals surface area contributed by atoms with Gasteiger partial charge in [-0.1, -0.05) is 47.8 Å². The van der Waals surface area contributed by atoms with Crippen molar-refractivity contribution >= 4 is 40.9 Å². The van der Waals surface area contributed by atoms with E-state index in [1.807, 2.05) is 45.0 Å². The molecule has 2 aromatic rings. The lowest BCUT2D eigenvalue weighted by Gasteiger charge is -2.11. The molecule has 0 radical (unpaired) electrons. The Morgan fingerprint density at radius 3 is 2.44 bits per heavy atom. The molecule has 4 nitrogen and oxygen atoms in total. The van der Waals surface area contributed by atoms with E-state index in [4.69, 9.17) is 27.9 Å². The van der Waals surface area contributed by atoms with Gasteiger partial charge in [0.15, 0.2) is 5.75 Å². The smallest absolute Gasteiger partial charge is 0.266 e. The summed E-state index contributed by atoms with van der Waals surface area (Å²) in [6.45, 7) is 6.34. The first-order chi connectivity index (χ1) is 12.8. The molecule has 0 aliphatic rings. The lowest BCUT2D eigenvalue weighted by Crippen LogP contribution is -2.14. The third-order valence-electron chi connectivity index (χ3n) is 3.78. The molecule has 0 saturated heterocycles. The number of rotatable bonds is 6. The molecule has 1 N–H and O–H groups in total. The van der Waals surface area contributed by atoms with Gasteiger partial charge in [-0.3, -0.25) is 4.79 Å². The Labute approximate surface area is 169 Å². The Hall–Kier alpha value is -2.48. The van der Waals surface area contributed by atoms with Gasteiger partial charge < -0.3 is 10.1 Å². The van der Waals surface area contributed by atoms with Crippen molar-refractivity contribution in [3.63, 3.8) is 0 Å². The fourth-order valence-corrected chi connectivity index (χ4v) is 3.08. The van der Waals surface area contributed by atoms with Crippen molar-refractivity contribution in [2.45, 2.75) is 27.2 Å². The van der Waals surface area contributed by atoms with Gasteiger partial charge in [0.1, 0.15) is 11.6 Å². The lowest BCUT2D eigenvalue weighted by atomic mass is 10.1. The Kier molecular flexibility index (Phi) is 7.29. The highest BCUT2D eigenvalue weighted by atomic mass is 35.5. The summed E-state index contributed by atoms with van der Waals surface area (Å²) < 4.78 is 5.52. The third kappa shape index (κ3) is 5.50. The summed E-state index contributed by atoms with van der Waals surface area (Å²) in [5, 5.41) is 12.8. The molecule has 2 aromatic carbocycles. The summed E-state index contributed by atoms with van der Waals surface area (Å²) in [6, 6.07) is 10.8. The van der Waals surface area contributed by atoms with Crippen LogP contribution in [0.3, 0.4) is 0 Å². The van der Waals surface area contributed by atoms with E-state index in [1.165, 1.54) is 6.08 Å². The van der Waals surface area contributed by atoms with E-state index in [-0.39, 0.29) is 5.57 Å². The van der Waals surface area contributed by atoms with E-state index in [9.17, 15) is 10.1 Å². The number of benzene rings is 2. The van der Waals surface area contributed by atoms with Crippen LogP contribution in [0.1, 0.15) is 30.0 Å². The Morgan fingerprint density at radius 1 is 1.22 bits per heavy atom. The van der Waals surface area contributed by atoms with Crippen LogP contribution in [0.5, 0.6) is 5.75 Å². The number of ether oxygens (including phenoxy) is 1. The summed E-state index contributed by atoms with van der Waals surface area (Å²) >= 11 is 12.4. The minimum atomic E-state index is -0.497. The zero-order chi connectivity index (χ0) is 20.0. The minimum Gasteiger partial charge on any atom is -0.490 e. The van der Waals surface area contributed by atoms with E-state index >= 15 is 0 Å². The van der Waals surface area contributed by atoms with Crippen molar-refractivity contribution in [3.05, 3.63) is 62.6 Å². The number of nitriles is 1. The van der Waals surface area contributed by atoms with Gasteiger partial charge in [0.05, 0.1) is 16.7 Å². The molecule has 0 unspecified atom stereocenters. The number of nitrogens with one attached hydrogen (secondary N) is 1. The van der Waals surface area contributed by atoms with E-state index in [0.717, 1.165) is 17.5 Å². The highest BCUT2D eigenvalue weighted by molar-refractivity contribution is 6.37. The van der Waals surface area contributed by atoms with E-state index in [0.29, 0.717) is 33.7 Å². The molecular weight excluding hydrogens is 383 g/mol. The van der Waals surface area contributed by atoms with Crippen LogP contribution in [-0.2, 0) is 4.79 Å². The SMILES string of the molecule is CCCOc1c(Cl)cc(/C=C(\C#N)C(=O)Nc2ccc(C)cc2C)cc1Cl. The Balaban J connectivity index is 2.27. The monoisotopic (exact) mass is 402 g/mol. The van der Waals surface area contributed by atoms with Crippen molar-refractivity contribution in [2.24, 2.45) is 0 Å². The van der Waals surface area contributed by atoms with Crippen molar-refractivity contribution < 1.29 is 9.53 Å². The molecule has 0 aliphatic heterocycles. The Bertz CT molecular complexity index is 907. The van der Waals surface area contributed by atoms with Crippen LogP contribution in [0.2, 0.25) is 10.0 Å². The summed E-state index contributed by atoms with van der Waals surface area (Å²) in [6.07, 6.45) is 2.27. The highest BCUT2D eigenvalue weighted by Gasteiger charge is 2.13. The molecule has 6 heteroatoms. The van der Waals surface area contributed by atoms with Crippen molar-refractivity contribution in [2.75, 3.05) is 11.9 Å². The molecule has 0 bridgehead atoms. The summed E-state index contributed by atoms with van der Waals surface area (Å²) in [5.74, 6) is -0.0985. The van der Waals surface area contributed by atoms with Gasteiger partial charge in [-0.2, -0.15) is 5.26 Å². The number of nitrogens with zero attached hydrogens (tertiary/aromatic N) is 1. The normalized spacial score (nSPS) is 11.0. The predicted octanol–water partition coefficient (Wildman–Crippen LogP) is 5.94. The first-order valence-electron chi connectivity index (χ1n) is 8.48. The number of carbonyl (C=O) groups excluding carboxylic acids is 1. The third-order valence-corrected chi connectivity index (χ3v) is 4.34. The van der Waals surface area contributed by atoms with Crippen LogP contribution >= 0.6 is 23.2 Å². The first kappa shape index (κ1) is 20.8. The van der Waals surface area contributed by atoms with E-state index in [1.54, 1.807) is 12.1 Å². The van der Waals surface area contributed by atoms with Crippen molar-refractivity contribution in [1.29, 1.82) is 5.26 Å². The number of carbonyl (C=O) groups is 1. The lowest BCUT2D eigenvalue weighted by molar-refractivity contribution is -0.112. The number of amides is 1. The largest absolute Gasteiger partial charge is 0.490 e. The average molecular weight is 403 g/mol. The van der Waals surface area contributed by atoms with Crippen LogP contribution < -0.4 is 10.1 Å². The van der Waals surface area contributed by atoms with Gasteiger partial charge in [0, 0.05) is 5.69 Å². The zero-order valence-corrected chi connectivity index (χ0v) is 16.9. The molecule has 0 atom stereocenters. The molecular formula is C21H20Cl2N2O2. The molecule has 1 amide bonds. The Morgan fingerprint density at radius 2 is 1.89 bits per heavy atom. The van der Waals surface area contributed by atoms with Crippen molar-refractivity contribution in [1.82, 2.24) is 0 Å². The van der Waals surface area contributed by atoms with Gasteiger partial charge in [-0.15, -0.1) is 0 Å². The van der Waals surface area contributed by atoms with Gasteiger partial charge in [0.25, 0.3) is 5.91 Å². The molecule has 2 rings (SSSR count). The van der Waals surface area contributed by atoms with Crippen molar-refractivity contribution in [3.8, 4) is 11.8 Å². The predicted molar refractivity (Wildman–Crippen MR) is 110 cm³/mol. The maximum Gasteiger partial charge on any atom is 0.266 e. The molecule has 0 heterocycles. The van der Waals surface area contributed by atoms with Gasteiger partial charge in [-0.25, -0.2) is 0 Å². The van der Waals surface area contributed by atoms with Crippen LogP contribution in [0, 0.1) is 25.2 Å². The summed E-state index contributed by atoms with van der Waals surface area (Å²) in [5.41, 5.74) is 3.16. The second kappa shape index (κ2) is 9.45. The number of aryl methyl sites for hydroxylation is 2. The minimum absolute atomic E-state index is 0.0515. The molecule has 0 aliphatic carbocycles. The highest BCUT2D eigenvalue weighted by Crippen LogP contribution is 2.35. The molecule has 0 aromatic heterocycles. The summed E-state index contributed by atoms with van der Waals surface area (Å²) in [4.78, 5) is 12.5. The van der Waals surface area contributed by atoms with Crippen LogP contribution in [0.25, 0.3) is 6.08 Å². The number of hydrogen-bond donors (Lipinski definition) is 1. The zero-order valence-electron chi connectivity index (χ0n) is 15.4. The quantitative estimate of drug-likeness (QED) is 0.479. The number of hydrogen-bond acceptors (Lipinski definition) is 3. The number of anilines is 1. The number of halogens is 2. The molecule has 0 saturated carbocycles. The summed E-state index contributed by atoms with van der Waals surface area (Å²) in [7, 11) is 0. The molecule has 140 valence electrons. The van der Waals surface area contributed by atoms with Crippen LogP contribution in [-0.4, -0.2) is 12.5 Å². The second-order valence-electron chi connectivity index (χ2n) is 6.10. The molecule has 0 fully saturated rings. The topological polar surface area (TPSA) is 62.1 Å². The van der Waals surface area contributed by atoms with Gasteiger partial charge in [-0.05, 0) is 55.7 Å². The molecule has 0 spiro atoms. The molecule has 27 heavy (non-hydrogen) atoms. The van der Waals surface area contributed by atoms with E-state index < -0.39 is 5.91 Å². The standard InChI is InChI=1S/C21H20Cl2N2O2/c1-4-7-27-20-17(22)10-15(11-18(20)23)9-16(12-24)21(26)25-19-6-5-13(2)8-14(19)3/h5-6,8-11H,4,7H2,1-3H3,(H,25,26)/b16-9+. The second-order valence-corrected chi connectivity index (χ2v) is 6.92. The van der Waals surface area contributed by atoms with Gasteiger partial charge in [0.2, 0.25) is 0 Å². The first-order valence-corrected chi connectivity index (χ1v) is 9.23. The van der Waals surface area contributed by atoms with Crippen LogP contribution in [0.15, 0.2) is 35.9 Å². The van der Waals surface area contributed by atoms with Gasteiger partial charge >= 0.3 is 0 Å². The maximum absolute atomic E-state index is 12.5. The fraction of sp³-hybridized carbons (Fsp3) is 0.238. The van der Waals surface area contributed by atoms with E-state index in [2.05, 4.69) is 5.32 Å². The average Bonchev–Trinajstić information content (AvgIpc) is 2.61.